The molecule has 0 spiro atoms. The van der Waals surface area contributed by atoms with Crippen LogP contribution >= 0.6 is 11.6 Å². The van der Waals surface area contributed by atoms with Gasteiger partial charge in [0.2, 0.25) is 0 Å². The Bertz CT molecular complexity index is 1610. The molecule has 0 saturated heterocycles. The highest BCUT2D eigenvalue weighted by molar-refractivity contribution is 6.30. The number of pyridine rings is 1. The van der Waals surface area contributed by atoms with E-state index in [0.29, 0.717) is 45.5 Å². The van der Waals surface area contributed by atoms with Crippen molar-refractivity contribution >= 4 is 34.2 Å². The molecule has 9 nitrogen and oxygen atoms in total. The van der Waals surface area contributed by atoms with E-state index in [1.54, 1.807) is 55.7 Å². The number of fused-ring (bicyclic) bond motifs is 1. The number of aryl methyl sites for hydroxylation is 1. The molecule has 0 atom stereocenters. The van der Waals surface area contributed by atoms with Crippen molar-refractivity contribution in [1.29, 1.82) is 0 Å². The Morgan fingerprint density at radius 3 is 2.69 bits per heavy atom. The quantitative estimate of drug-likeness (QED) is 0.384. The fourth-order valence-corrected chi connectivity index (χ4v) is 3.82. The predicted octanol–water partition coefficient (Wildman–Crippen LogP) is 4.27. The zero-order valence-corrected chi connectivity index (χ0v) is 19.3. The van der Waals surface area contributed by atoms with E-state index in [1.807, 2.05) is 18.2 Å². The fourth-order valence-electron chi connectivity index (χ4n) is 3.60. The standard InChI is InChI=1S/C25H19ClN6O3/c1-31-22(8-10-29-31)24(33)30-23-13-19(7-9-27-23)35-18-5-6-21-20(12-18)25(34)32(15-28-21)14-16-3-2-4-17(26)11-16/h2-13,15H,14H2,1H3,(H,27,30,33). The van der Waals surface area contributed by atoms with Crippen LogP contribution in [0.15, 0.2) is 84.2 Å². The van der Waals surface area contributed by atoms with Gasteiger partial charge >= 0.3 is 0 Å². The Morgan fingerprint density at radius 2 is 1.89 bits per heavy atom. The first-order valence-corrected chi connectivity index (χ1v) is 11.0. The number of nitrogens with zero attached hydrogens (tertiary/aromatic N) is 5. The number of carbonyl (C=O) groups is 1. The second-order valence-corrected chi connectivity index (χ2v) is 8.20. The van der Waals surface area contributed by atoms with Gasteiger partial charge in [0, 0.05) is 30.5 Å². The van der Waals surface area contributed by atoms with Crippen molar-refractivity contribution in [3.63, 3.8) is 0 Å². The second kappa shape index (κ2) is 9.40. The largest absolute Gasteiger partial charge is 0.457 e. The van der Waals surface area contributed by atoms with Crippen LogP contribution in [0.25, 0.3) is 10.9 Å². The first-order valence-electron chi connectivity index (χ1n) is 10.6. The van der Waals surface area contributed by atoms with E-state index in [4.69, 9.17) is 16.3 Å². The monoisotopic (exact) mass is 486 g/mol. The summed E-state index contributed by atoms with van der Waals surface area (Å²) < 4.78 is 8.94. The number of carbonyl (C=O) groups excluding carboxylic acids is 1. The minimum absolute atomic E-state index is 0.195. The van der Waals surface area contributed by atoms with Crippen LogP contribution in [0.1, 0.15) is 16.1 Å². The van der Waals surface area contributed by atoms with Gasteiger partial charge in [-0.1, -0.05) is 23.7 Å². The topological polar surface area (TPSA) is 104 Å². The van der Waals surface area contributed by atoms with Crippen molar-refractivity contribution in [2.75, 3.05) is 5.32 Å². The maximum atomic E-state index is 13.1. The van der Waals surface area contributed by atoms with E-state index in [9.17, 15) is 9.59 Å². The molecular formula is C25H19ClN6O3. The average Bonchev–Trinajstić information content (AvgIpc) is 3.27. The molecule has 0 aliphatic heterocycles. The molecule has 1 N–H and O–H groups in total. The first-order chi connectivity index (χ1) is 17.0. The number of hydrogen-bond donors (Lipinski definition) is 1. The number of ether oxygens (including phenoxy) is 1. The van der Waals surface area contributed by atoms with Crippen molar-refractivity contribution in [2.45, 2.75) is 6.54 Å². The molecule has 0 unspecified atom stereocenters. The number of anilines is 1. The molecule has 0 aliphatic rings. The van der Waals surface area contributed by atoms with E-state index >= 15 is 0 Å². The highest BCUT2D eigenvalue weighted by Gasteiger charge is 2.12. The molecule has 0 bridgehead atoms. The summed E-state index contributed by atoms with van der Waals surface area (Å²) in [5.74, 6) is 0.876. The van der Waals surface area contributed by atoms with Crippen LogP contribution in [0.2, 0.25) is 5.02 Å². The number of rotatable bonds is 6. The molecule has 0 saturated carbocycles. The van der Waals surface area contributed by atoms with Crippen molar-refractivity contribution in [1.82, 2.24) is 24.3 Å². The van der Waals surface area contributed by atoms with Gasteiger partial charge in [-0.05, 0) is 48.0 Å². The highest BCUT2D eigenvalue weighted by Crippen LogP contribution is 2.25. The molecule has 10 heteroatoms. The van der Waals surface area contributed by atoms with Gasteiger partial charge < -0.3 is 10.1 Å². The van der Waals surface area contributed by atoms with Crippen molar-refractivity contribution in [2.24, 2.45) is 7.05 Å². The maximum Gasteiger partial charge on any atom is 0.275 e. The molecule has 0 radical (unpaired) electrons. The summed E-state index contributed by atoms with van der Waals surface area (Å²) >= 11 is 6.06. The lowest BCUT2D eigenvalue weighted by atomic mass is 10.2. The van der Waals surface area contributed by atoms with Crippen LogP contribution in [0.3, 0.4) is 0 Å². The van der Waals surface area contributed by atoms with Crippen LogP contribution < -0.4 is 15.6 Å². The summed E-state index contributed by atoms with van der Waals surface area (Å²) in [7, 11) is 1.68. The molecule has 0 aliphatic carbocycles. The maximum absolute atomic E-state index is 13.1. The Morgan fingerprint density at radius 1 is 1.03 bits per heavy atom. The van der Waals surface area contributed by atoms with E-state index in [-0.39, 0.29) is 11.5 Å². The highest BCUT2D eigenvalue weighted by atomic mass is 35.5. The zero-order chi connectivity index (χ0) is 24.4. The van der Waals surface area contributed by atoms with Gasteiger partial charge in [-0.25, -0.2) is 9.97 Å². The first kappa shape index (κ1) is 22.3. The smallest absolute Gasteiger partial charge is 0.275 e. The summed E-state index contributed by atoms with van der Waals surface area (Å²) in [4.78, 5) is 34.1. The third kappa shape index (κ3) is 4.90. The van der Waals surface area contributed by atoms with Crippen LogP contribution in [0.4, 0.5) is 5.82 Å². The lowest BCUT2D eigenvalue weighted by molar-refractivity contribution is 0.101. The van der Waals surface area contributed by atoms with Gasteiger partial charge in [0.05, 0.1) is 23.8 Å². The number of nitrogens with one attached hydrogen (secondary N) is 1. The SMILES string of the molecule is Cn1nccc1C(=O)Nc1cc(Oc2ccc3ncn(Cc4cccc(Cl)c4)c(=O)c3c2)ccn1. The molecule has 2 aromatic carbocycles. The second-order valence-electron chi connectivity index (χ2n) is 7.76. The van der Waals surface area contributed by atoms with Crippen LogP contribution in [-0.2, 0) is 13.6 Å². The normalized spacial score (nSPS) is 10.9. The number of halogens is 1. The third-order valence-electron chi connectivity index (χ3n) is 5.30. The Hall–Kier alpha value is -4.50. The fraction of sp³-hybridized carbons (Fsp3) is 0.0800. The molecule has 5 aromatic rings. The molecule has 35 heavy (non-hydrogen) atoms. The van der Waals surface area contributed by atoms with Gasteiger partial charge in [-0.15, -0.1) is 0 Å². The van der Waals surface area contributed by atoms with E-state index in [0.717, 1.165) is 5.56 Å². The van der Waals surface area contributed by atoms with E-state index in [1.165, 1.54) is 21.8 Å². The van der Waals surface area contributed by atoms with Gasteiger partial charge in [0.15, 0.2) is 0 Å². The molecule has 174 valence electrons. The molecule has 3 aromatic heterocycles. The lowest BCUT2D eigenvalue weighted by Crippen LogP contribution is -2.21. The Balaban J connectivity index is 1.38. The molecule has 1 amide bonds. The summed E-state index contributed by atoms with van der Waals surface area (Å²) in [6.45, 7) is 0.345. The van der Waals surface area contributed by atoms with Gasteiger partial charge in [-0.2, -0.15) is 5.10 Å². The zero-order valence-electron chi connectivity index (χ0n) is 18.6. The Kier molecular flexibility index (Phi) is 5.99. The molecule has 0 fully saturated rings. The molecule has 3 heterocycles. The number of aromatic nitrogens is 5. The summed E-state index contributed by atoms with van der Waals surface area (Å²) in [5.41, 5.74) is 1.66. The predicted molar refractivity (Wildman–Crippen MR) is 132 cm³/mol. The number of hydrogen-bond acceptors (Lipinski definition) is 6. The van der Waals surface area contributed by atoms with Crippen LogP contribution in [-0.4, -0.2) is 30.2 Å². The Labute approximate surface area is 204 Å². The van der Waals surface area contributed by atoms with Gasteiger partial charge in [-0.3, -0.25) is 18.8 Å². The number of amides is 1. The van der Waals surface area contributed by atoms with Crippen LogP contribution in [0.5, 0.6) is 11.5 Å². The summed E-state index contributed by atoms with van der Waals surface area (Å²) in [6.07, 6.45) is 4.58. The minimum Gasteiger partial charge on any atom is -0.457 e. The molecular weight excluding hydrogens is 468 g/mol. The van der Waals surface area contributed by atoms with Crippen molar-refractivity contribution in [3.05, 3.63) is 106 Å². The van der Waals surface area contributed by atoms with Crippen LogP contribution in [0, 0.1) is 0 Å². The van der Waals surface area contributed by atoms with E-state index < -0.39 is 0 Å². The van der Waals surface area contributed by atoms with Crippen molar-refractivity contribution < 1.29 is 9.53 Å². The summed E-state index contributed by atoms with van der Waals surface area (Å²) in [6, 6.07) is 17.3. The van der Waals surface area contributed by atoms with Gasteiger partial charge in [0.25, 0.3) is 11.5 Å². The summed E-state index contributed by atoms with van der Waals surface area (Å²) in [5, 5.41) is 7.74. The van der Waals surface area contributed by atoms with Gasteiger partial charge in [0.1, 0.15) is 23.0 Å². The van der Waals surface area contributed by atoms with E-state index in [2.05, 4.69) is 20.4 Å². The minimum atomic E-state index is -0.341. The average molecular weight is 487 g/mol. The third-order valence-corrected chi connectivity index (χ3v) is 5.53. The molecule has 5 rings (SSSR count). The van der Waals surface area contributed by atoms with Crippen molar-refractivity contribution in [3.8, 4) is 11.5 Å². The number of benzene rings is 2. The lowest BCUT2D eigenvalue weighted by Gasteiger charge is -2.10.